The molecule has 0 saturated heterocycles. The summed E-state index contributed by atoms with van der Waals surface area (Å²) >= 11 is 3.05. The Morgan fingerprint density at radius 3 is 2.71 bits per heavy atom. The van der Waals surface area contributed by atoms with E-state index in [4.69, 9.17) is 4.74 Å². The van der Waals surface area contributed by atoms with Crippen molar-refractivity contribution in [3.05, 3.63) is 32.8 Å². The van der Waals surface area contributed by atoms with Gasteiger partial charge >= 0.3 is 11.7 Å². The van der Waals surface area contributed by atoms with Crippen LogP contribution in [0.15, 0.2) is 22.7 Å². The summed E-state index contributed by atoms with van der Waals surface area (Å²) in [4.78, 5) is 21.4. The van der Waals surface area contributed by atoms with Crippen LogP contribution in [-0.4, -0.2) is 24.1 Å². The van der Waals surface area contributed by atoms with E-state index < -0.39 is 17.0 Å². The summed E-state index contributed by atoms with van der Waals surface area (Å²) in [5.74, 6) is -0.582. The molecule has 1 unspecified atom stereocenters. The van der Waals surface area contributed by atoms with Gasteiger partial charge in [0.05, 0.1) is 16.5 Å². The number of carbonyl (C=O) groups excluding carboxylic acids is 1. The summed E-state index contributed by atoms with van der Waals surface area (Å²) in [5.41, 5.74) is -0.219. The van der Waals surface area contributed by atoms with Crippen molar-refractivity contribution in [1.82, 2.24) is 0 Å². The van der Waals surface area contributed by atoms with Crippen LogP contribution < -0.4 is 4.74 Å². The van der Waals surface area contributed by atoms with E-state index in [1.54, 1.807) is 6.07 Å². The van der Waals surface area contributed by atoms with E-state index in [1.807, 2.05) is 0 Å². The molecule has 6 nitrogen and oxygen atoms in total. The zero-order chi connectivity index (χ0) is 13.0. The molecule has 0 aromatic heterocycles. The molecule has 0 amide bonds. The first-order valence-electron chi connectivity index (χ1n) is 4.64. The van der Waals surface area contributed by atoms with Gasteiger partial charge in [0.2, 0.25) is 0 Å². The number of hydrogen-bond donors (Lipinski definition) is 0. The number of para-hydroxylation sites is 1. The highest BCUT2D eigenvalue weighted by Gasteiger charge is 2.23. The van der Waals surface area contributed by atoms with E-state index in [9.17, 15) is 14.9 Å². The van der Waals surface area contributed by atoms with E-state index in [-0.39, 0.29) is 15.9 Å². The number of methoxy groups -OCH3 is 1. The molecular formula is C10H10BrNO5. The lowest BCUT2D eigenvalue weighted by molar-refractivity contribution is -0.386. The Morgan fingerprint density at radius 1 is 1.53 bits per heavy atom. The Kier molecular flexibility index (Phi) is 4.45. The molecule has 0 bridgehead atoms. The molecule has 1 atom stereocenters. The lowest BCUT2D eigenvalue weighted by atomic mass is 10.3. The highest BCUT2D eigenvalue weighted by molar-refractivity contribution is 9.10. The third-order valence-corrected chi connectivity index (χ3v) is 2.61. The van der Waals surface area contributed by atoms with Gasteiger partial charge in [-0.25, -0.2) is 4.79 Å². The third kappa shape index (κ3) is 3.16. The highest BCUT2D eigenvalue weighted by Crippen LogP contribution is 2.34. The molecule has 0 aliphatic heterocycles. The lowest BCUT2D eigenvalue weighted by Crippen LogP contribution is -2.25. The van der Waals surface area contributed by atoms with E-state index in [1.165, 1.54) is 26.2 Å². The van der Waals surface area contributed by atoms with Crippen LogP contribution >= 0.6 is 15.9 Å². The summed E-state index contributed by atoms with van der Waals surface area (Å²) in [7, 11) is 1.22. The van der Waals surface area contributed by atoms with Gasteiger partial charge in [-0.05, 0) is 35.0 Å². The molecule has 1 rings (SSSR count). The maximum absolute atomic E-state index is 11.2. The number of ether oxygens (including phenoxy) is 2. The molecule has 0 N–H and O–H groups in total. The highest BCUT2D eigenvalue weighted by atomic mass is 79.9. The number of nitrogens with zero attached hydrogens (tertiary/aromatic N) is 1. The fourth-order valence-electron chi connectivity index (χ4n) is 1.17. The van der Waals surface area contributed by atoms with Gasteiger partial charge < -0.3 is 9.47 Å². The molecule has 1 aromatic carbocycles. The quantitative estimate of drug-likeness (QED) is 0.484. The van der Waals surface area contributed by atoms with Crippen LogP contribution in [0.3, 0.4) is 0 Å². The number of benzene rings is 1. The molecule has 0 aliphatic carbocycles. The summed E-state index contributed by atoms with van der Waals surface area (Å²) < 4.78 is 9.95. The first kappa shape index (κ1) is 13.4. The van der Waals surface area contributed by atoms with Crippen LogP contribution in [0.5, 0.6) is 5.75 Å². The maximum atomic E-state index is 11.2. The van der Waals surface area contributed by atoms with Crippen molar-refractivity contribution in [1.29, 1.82) is 0 Å². The van der Waals surface area contributed by atoms with Crippen molar-refractivity contribution in [3.8, 4) is 5.75 Å². The third-order valence-electron chi connectivity index (χ3n) is 1.97. The molecule has 0 saturated carbocycles. The van der Waals surface area contributed by atoms with Crippen molar-refractivity contribution < 1.29 is 19.2 Å². The number of nitro benzene ring substituents is 1. The zero-order valence-electron chi connectivity index (χ0n) is 9.18. The van der Waals surface area contributed by atoms with Crippen LogP contribution in [0, 0.1) is 10.1 Å². The van der Waals surface area contributed by atoms with E-state index in [0.29, 0.717) is 0 Å². The minimum absolute atomic E-state index is 0.0160. The summed E-state index contributed by atoms with van der Waals surface area (Å²) in [6.45, 7) is 1.45. The van der Waals surface area contributed by atoms with Gasteiger partial charge in [0.1, 0.15) is 0 Å². The van der Waals surface area contributed by atoms with E-state index in [2.05, 4.69) is 20.7 Å². The minimum Gasteiger partial charge on any atom is -0.472 e. The van der Waals surface area contributed by atoms with Crippen LogP contribution in [0.4, 0.5) is 5.69 Å². The second-order valence-corrected chi connectivity index (χ2v) is 3.98. The molecule has 0 radical (unpaired) electrons. The van der Waals surface area contributed by atoms with Crippen LogP contribution in [0.25, 0.3) is 0 Å². The van der Waals surface area contributed by atoms with E-state index in [0.717, 1.165) is 0 Å². The summed E-state index contributed by atoms with van der Waals surface area (Å²) in [6.07, 6.45) is -0.909. The van der Waals surface area contributed by atoms with Crippen molar-refractivity contribution in [2.75, 3.05) is 7.11 Å². The van der Waals surface area contributed by atoms with Gasteiger partial charge in [0, 0.05) is 0 Å². The molecule has 92 valence electrons. The fraction of sp³-hybridized carbons (Fsp3) is 0.300. The number of carbonyl (C=O) groups is 1. The predicted octanol–water partition coefficient (Wildman–Crippen LogP) is 2.30. The van der Waals surface area contributed by atoms with Crippen LogP contribution in [0.2, 0.25) is 0 Å². The first-order valence-corrected chi connectivity index (χ1v) is 5.44. The van der Waals surface area contributed by atoms with Crippen molar-refractivity contribution in [2.45, 2.75) is 13.0 Å². The Balaban J connectivity index is 3.02. The molecule has 0 aliphatic rings. The normalized spacial score (nSPS) is 11.7. The largest absolute Gasteiger partial charge is 0.472 e. The smallest absolute Gasteiger partial charge is 0.346 e. The lowest BCUT2D eigenvalue weighted by Gasteiger charge is -2.12. The van der Waals surface area contributed by atoms with Crippen molar-refractivity contribution >= 4 is 27.6 Å². The number of esters is 1. The Hall–Kier alpha value is -1.63. The Labute approximate surface area is 106 Å². The topological polar surface area (TPSA) is 78.7 Å². The minimum atomic E-state index is -0.909. The molecule has 1 aromatic rings. The first-order chi connectivity index (χ1) is 7.97. The van der Waals surface area contributed by atoms with Crippen molar-refractivity contribution in [3.63, 3.8) is 0 Å². The molecule has 0 spiro atoms. The number of halogens is 1. The van der Waals surface area contributed by atoms with Gasteiger partial charge in [-0.15, -0.1) is 0 Å². The molecule has 17 heavy (non-hydrogen) atoms. The molecule has 0 heterocycles. The van der Waals surface area contributed by atoms with Crippen LogP contribution in [-0.2, 0) is 9.53 Å². The number of hydrogen-bond acceptors (Lipinski definition) is 5. The number of rotatable bonds is 4. The summed E-state index contributed by atoms with van der Waals surface area (Å²) in [6, 6.07) is 4.52. The SMILES string of the molecule is COC(=O)C(C)Oc1cccc(Br)c1[N+](=O)[O-]. The second-order valence-electron chi connectivity index (χ2n) is 3.13. The monoisotopic (exact) mass is 303 g/mol. The van der Waals surface area contributed by atoms with Crippen molar-refractivity contribution in [2.24, 2.45) is 0 Å². The molecule has 0 fully saturated rings. The van der Waals surface area contributed by atoms with Gasteiger partial charge in [0.15, 0.2) is 11.9 Å². The van der Waals surface area contributed by atoms with Gasteiger partial charge in [-0.1, -0.05) is 6.07 Å². The summed E-state index contributed by atoms with van der Waals surface area (Å²) in [5, 5.41) is 10.8. The molecular weight excluding hydrogens is 294 g/mol. The second kappa shape index (κ2) is 5.62. The van der Waals surface area contributed by atoms with Crippen LogP contribution in [0.1, 0.15) is 6.92 Å². The Bertz CT molecular complexity index is 448. The van der Waals surface area contributed by atoms with E-state index >= 15 is 0 Å². The fourth-order valence-corrected chi connectivity index (χ4v) is 1.67. The average Bonchev–Trinajstić information content (AvgIpc) is 2.27. The zero-order valence-corrected chi connectivity index (χ0v) is 10.8. The molecule has 7 heteroatoms. The van der Waals surface area contributed by atoms with Gasteiger partial charge in [-0.2, -0.15) is 0 Å². The Morgan fingerprint density at radius 2 is 2.18 bits per heavy atom. The standard InChI is InChI=1S/C10H10BrNO5/c1-6(10(13)16-2)17-8-5-3-4-7(11)9(8)12(14)15/h3-6H,1-2H3. The average molecular weight is 304 g/mol. The van der Waals surface area contributed by atoms with Gasteiger partial charge in [0.25, 0.3) is 0 Å². The van der Waals surface area contributed by atoms with Gasteiger partial charge in [-0.3, -0.25) is 10.1 Å². The number of nitro groups is 1. The predicted molar refractivity (Wildman–Crippen MR) is 62.9 cm³/mol. The maximum Gasteiger partial charge on any atom is 0.346 e.